The molecule has 5 heteroatoms. The van der Waals surface area contributed by atoms with E-state index in [0.717, 1.165) is 31.1 Å². The van der Waals surface area contributed by atoms with Crippen molar-refractivity contribution < 1.29 is 5.11 Å². The molecule has 1 aromatic carbocycles. The van der Waals surface area contributed by atoms with Gasteiger partial charge >= 0.3 is 0 Å². The molecule has 3 nitrogen and oxygen atoms in total. The quantitative estimate of drug-likeness (QED) is 0.881. The highest BCUT2D eigenvalue weighted by Crippen LogP contribution is 2.33. The Morgan fingerprint density at radius 1 is 1.32 bits per heavy atom. The first-order valence-corrected chi connectivity index (χ1v) is 7.51. The van der Waals surface area contributed by atoms with Gasteiger partial charge in [-0.15, -0.1) is 0 Å². The molecule has 2 fully saturated rings. The van der Waals surface area contributed by atoms with E-state index in [1.807, 2.05) is 0 Å². The number of hydrogen-bond acceptors (Lipinski definition) is 3. The van der Waals surface area contributed by atoms with Gasteiger partial charge in [-0.2, -0.15) is 0 Å². The fourth-order valence-electron chi connectivity index (χ4n) is 3.25. The van der Waals surface area contributed by atoms with E-state index >= 15 is 0 Å². The van der Waals surface area contributed by atoms with E-state index in [4.69, 9.17) is 23.2 Å². The molecule has 2 atom stereocenters. The number of aromatic hydroxyl groups is 1. The van der Waals surface area contributed by atoms with Crippen LogP contribution in [-0.2, 0) is 6.54 Å². The molecule has 2 heterocycles. The number of nitrogens with one attached hydrogen (secondary N) is 1. The summed E-state index contributed by atoms with van der Waals surface area (Å²) in [6.07, 6.45) is 2.57. The molecular weight excluding hydrogens is 283 g/mol. The van der Waals surface area contributed by atoms with Crippen molar-refractivity contribution in [1.29, 1.82) is 0 Å². The van der Waals surface area contributed by atoms with Gasteiger partial charge in [0.05, 0.1) is 5.02 Å². The average molecular weight is 301 g/mol. The topological polar surface area (TPSA) is 35.5 Å². The van der Waals surface area contributed by atoms with E-state index in [0.29, 0.717) is 22.6 Å². The van der Waals surface area contributed by atoms with Crippen molar-refractivity contribution >= 4 is 23.2 Å². The van der Waals surface area contributed by atoms with Gasteiger partial charge in [0.1, 0.15) is 5.75 Å². The SMILES string of the molecule is Oc1c(Cl)cc(Cl)cc1CN1C[C@@H]2CCCN[C@@H]2C1. The molecule has 2 N–H and O–H groups in total. The van der Waals surface area contributed by atoms with Crippen LogP contribution in [0.3, 0.4) is 0 Å². The van der Waals surface area contributed by atoms with Crippen molar-refractivity contribution in [2.45, 2.75) is 25.4 Å². The van der Waals surface area contributed by atoms with Gasteiger partial charge in [-0.3, -0.25) is 4.90 Å². The lowest BCUT2D eigenvalue weighted by atomic mass is 9.94. The van der Waals surface area contributed by atoms with E-state index in [-0.39, 0.29) is 5.75 Å². The summed E-state index contributed by atoms with van der Waals surface area (Å²) in [5.41, 5.74) is 0.816. The molecule has 1 aromatic rings. The minimum atomic E-state index is 0.161. The zero-order valence-electron chi connectivity index (χ0n) is 10.7. The Labute approximate surface area is 123 Å². The zero-order valence-corrected chi connectivity index (χ0v) is 12.2. The predicted molar refractivity (Wildman–Crippen MR) is 77.9 cm³/mol. The Kier molecular flexibility index (Phi) is 3.90. The van der Waals surface area contributed by atoms with Crippen LogP contribution in [-0.4, -0.2) is 35.7 Å². The molecule has 19 heavy (non-hydrogen) atoms. The third-order valence-corrected chi connectivity index (χ3v) is 4.68. The highest BCUT2D eigenvalue weighted by Gasteiger charge is 2.34. The number of likely N-dealkylation sites (tertiary alicyclic amines) is 1. The van der Waals surface area contributed by atoms with Gasteiger partial charge in [-0.1, -0.05) is 23.2 Å². The largest absolute Gasteiger partial charge is 0.506 e. The fourth-order valence-corrected chi connectivity index (χ4v) is 3.78. The molecule has 3 rings (SSSR count). The van der Waals surface area contributed by atoms with Crippen LogP contribution in [0.2, 0.25) is 10.0 Å². The number of fused-ring (bicyclic) bond motifs is 1. The normalized spacial score (nSPS) is 27.5. The van der Waals surface area contributed by atoms with Crippen LogP contribution in [0.25, 0.3) is 0 Å². The van der Waals surface area contributed by atoms with Crippen molar-refractivity contribution in [2.24, 2.45) is 5.92 Å². The smallest absolute Gasteiger partial charge is 0.138 e. The van der Waals surface area contributed by atoms with Gasteiger partial charge in [-0.25, -0.2) is 0 Å². The summed E-state index contributed by atoms with van der Waals surface area (Å²) in [4.78, 5) is 2.37. The Morgan fingerprint density at radius 2 is 2.16 bits per heavy atom. The fraction of sp³-hybridized carbons (Fsp3) is 0.571. The lowest BCUT2D eigenvalue weighted by Crippen LogP contribution is -2.40. The van der Waals surface area contributed by atoms with Crippen molar-refractivity contribution in [3.05, 3.63) is 27.7 Å². The molecule has 0 amide bonds. The molecule has 104 valence electrons. The van der Waals surface area contributed by atoms with Gasteiger partial charge < -0.3 is 10.4 Å². The van der Waals surface area contributed by atoms with Crippen LogP contribution >= 0.6 is 23.2 Å². The number of phenols is 1. The second-order valence-corrected chi connectivity index (χ2v) is 6.40. The van der Waals surface area contributed by atoms with Crippen LogP contribution in [0.15, 0.2) is 12.1 Å². The number of benzene rings is 1. The first-order valence-electron chi connectivity index (χ1n) is 6.76. The Hall–Kier alpha value is -0.480. The van der Waals surface area contributed by atoms with Crippen LogP contribution in [0, 0.1) is 5.92 Å². The third kappa shape index (κ3) is 2.84. The van der Waals surface area contributed by atoms with E-state index in [1.165, 1.54) is 12.8 Å². The first kappa shape index (κ1) is 13.5. The maximum Gasteiger partial charge on any atom is 0.138 e. The number of rotatable bonds is 2. The highest BCUT2D eigenvalue weighted by atomic mass is 35.5. The minimum Gasteiger partial charge on any atom is -0.506 e. The second kappa shape index (κ2) is 5.49. The minimum absolute atomic E-state index is 0.161. The van der Waals surface area contributed by atoms with Crippen LogP contribution < -0.4 is 5.32 Å². The molecule has 0 bridgehead atoms. The van der Waals surface area contributed by atoms with Crippen LogP contribution in [0.5, 0.6) is 5.75 Å². The number of halogens is 2. The van der Waals surface area contributed by atoms with E-state index in [2.05, 4.69) is 10.2 Å². The number of phenolic OH excluding ortho intramolecular Hbond substituents is 1. The summed E-state index contributed by atoms with van der Waals surface area (Å²) in [6.45, 7) is 3.96. The summed E-state index contributed by atoms with van der Waals surface area (Å²) in [7, 11) is 0. The molecule has 0 unspecified atom stereocenters. The second-order valence-electron chi connectivity index (χ2n) is 5.55. The maximum absolute atomic E-state index is 10.0. The number of piperidine rings is 1. The van der Waals surface area contributed by atoms with Crippen molar-refractivity contribution in [1.82, 2.24) is 10.2 Å². The number of nitrogens with zero attached hydrogens (tertiary/aromatic N) is 1. The van der Waals surface area contributed by atoms with Crippen LogP contribution in [0.4, 0.5) is 0 Å². The van der Waals surface area contributed by atoms with E-state index in [9.17, 15) is 5.11 Å². The van der Waals surface area contributed by atoms with Gasteiger partial charge in [0.2, 0.25) is 0 Å². The Morgan fingerprint density at radius 3 is 2.95 bits per heavy atom. The van der Waals surface area contributed by atoms with Gasteiger partial charge in [0.25, 0.3) is 0 Å². The van der Waals surface area contributed by atoms with Crippen molar-refractivity contribution in [2.75, 3.05) is 19.6 Å². The summed E-state index contributed by atoms with van der Waals surface area (Å²) >= 11 is 12.0. The van der Waals surface area contributed by atoms with Crippen LogP contribution in [0.1, 0.15) is 18.4 Å². The summed E-state index contributed by atoms with van der Waals surface area (Å²) < 4.78 is 0. The highest BCUT2D eigenvalue weighted by molar-refractivity contribution is 6.35. The Bertz CT molecular complexity index is 467. The molecule has 0 radical (unpaired) electrons. The van der Waals surface area contributed by atoms with Crippen molar-refractivity contribution in [3.63, 3.8) is 0 Å². The first-order chi connectivity index (χ1) is 9.13. The average Bonchev–Trinajstić information content (AvgIpc) is 2.77. The maximum atomic E-state index is 10.0. The van der Waals surface area contributed by atoms with Gasteiger partial charge in [0.15, 0.2) is 0 Å². The van der Waals surface area contributed by atoms with E-state index < -0.39 is 0 Å². The van der Waals surface area contributed by atoms with Crippen molar-refractivity contribution in [3.8, 4) is 5.75 Å². The summed E-state index contributed by atoms with van der Waals surface area (Å²) in [6, 6.07) is 3.98. The molecule has 0 aliphatic carbocycles. The summed E-state index contributed by atoms with van der Waals surface area (Å²) in [5.74, 6) is 0.902. The number of hydrogen-bond donors (Lipinski definition) is 2. The molecule has 2 aliphatic heterocycles. The molecule has 2 aliphatic rings. The van der Waals surface area contributed by atoms with Gasteiger partial charge in [-0.05, 0) is 37.4 Å². The predicted octanol–water partition coefficient (Wildman–Crippen LogP) is 2.88. The molecule has 0 aromatic heterocycles. The molecular formula is C14H18Cl2N2O. The lowest BCUT2D eigenvalue weighted by Gasteiger charge is -2.24. The Balaban J connectivity index is 1.72. The standard InChI is InChI=1S/C14H18Cl2N2O/c15-11-4-10(14(19)12(16)5-11)7-18-6-9-2-1-3-17-13(9)8-18/h4-5,9,13,17,19H,1-3,6-8H2/t9-,13+/m0/s1. The molecule has 0 spiro atoms. The zero-order chi connectivity index (χ0) is 13.4. The lowest BCUT2D eigenvalue weighted by molar-refractivity contribution is 0.307. The van der Waals surface area contributed by atoms with E-state index in [1.54, 1.807) is 12.1 Å². The third-order valence-electron chi connectivity index (χ3n) is 4.18. The van der Waals surface area contributed by atoms with Gasteiger partial charge in [0, 0.05) is 36.3 Å². The molecule has 2 saturated heterocycles. The monoisotopic (exact) mass is 300 g/mol. The molecule has 0 saturated carbocycles. The summed E-state index contributed by atoms with van der Waals surface area (Å²) in [5, 5.41) is 14.5.